The lowest BCUT2D eigenvalue weighted by molar-refractivity contribution is -0.127. The second-order valence-electron chi connectivity index (χ2n) is 8.70. The Kier molecular flexibility index (Phi) is 7.45. The van der Waals surface area contributed by atoms with E-state index >= 15 is 0 Å². The third-order valence-corrected chi connectivity index (χ3v) is 7.00. The number of carbonyl (C=O) groups excluding carboxylic acids is 2. The van der Waals surface area contributed by atoms with Crippen LogP contribution in [0.5, 0.6) is 5.75 Å². The highest BCUT2D eigenvalue weighted by Crippen LogP contribution is 2.31. The van der Waals surface area contributed by atoms with E-state index in [9.17, 15) is 14.7 Å². The third kappa shape index (κ3) is 5.82. The summed E-state index contributed by atoms with van der Waals surface area (Å²) < 4.78 is 0. The third-order valence-electron chi connectivity index (χ3n) is 6.12. The standard InChI is InChI=1S/C27H30N2O3S/c1-19-7-5-10-22(17-19)29(25(31)18-24-11-6-16-33-24)26(20-12-14-23(30)15-13-20)27(32)28-21-8-3-2-4-9-21/h5-7,10-17,21,26,30H,2-4,8-9,18H2,1H3,(H,28,32)/t26-/m0/s1. The van der Waals surface area contributed by atoms with Crippen LogP contribution in [0.3, 0.4) is 0 Å². The summed E-state index contributed by atoms with van der Waals surface area (Å²) in [6.45, 7) is 1.98. The predicted octanol–water partition coefficient (Wildman–Crippen LogP) is 5.53. The summed E-state index contributed by atoms with van der Waals surface area (Å²) in [7, 11) is 0. The van der Waals surface area contributed by atoms with Crippen molar-refractivity contribution >= 4 is 28.8 Å². The van der Waals surface area contributed by atoms with Gasteiger partial charge < -0.3 is 10.4 Å². The van der Waals surface area contributed by atoms with Gasteiger partial charge in [-0.25, -0.2) is 0 Å². The molecule has 1 saturated carbocycles. The van der Waals surface area contributed by atoms with Crippen molar-refractivity contribution in [2.45, 2.75) is 57.5 Å². The molecule has 2 amide bonds. The van der Waals surface area contributed by atoms with Crippen molar-refractivity contribution in [2.24, 2.45) is 0 Å². The van der Waals surface area contributed by atoms with Crippen LogP contribution in [0.1, 0.15) is 54.1 Å². The topological polar surface area (TPSA) is 69.6 Å². The molecular formula is C27H30N2O3S. The summed E-state index contributed by atoms with van der Waals surface area (Å²) in [5.41, 5.74) is 2.37. The van der Waals surface area contributed by atoms with Gasteiger partial charge >= 0.3 is 0 Å². The fraction of sp³-hybridized carbons (Fsp3) is 0.333. The molecule has 2 aromatic carbocycles. The lowest BCUT2D eigenvalue weighted by Gasteiger charge is -2.33. The molecule has 1 aliphatic rings. The van der Waals surface area contributed by atoms with Crippen molar-refractivity contribution in [1.29, 1.82) is 0 Å². The molecule has 2 N–H and O–H groups in total. The van der Waals surface area contributed by atoms with Crippen molar-refractivity contribution in [3.63, 3.8) is 0 Å². The van der Waals surface area contributed by atoms with Crippen LogP contribution in [0, 0.1) is 6.92 Å². The maximum Gasteiger partial charge on any atom is 0.248 e. The van der Waals surface area contributed by atoms with Gasteiger partial charge in [-0.15, -0.1) is 11.3 Å². The number of aromatic hydroxyl groups is 1. The number of rotatable bonds is 7. The van der Waals surface area contributed by atoms with E-state index in [1.807, 2.05) is 48.7 Å². The number of anilines is 1. The number of nitrogens with zero attached hydrogens (tertiary/aromatic N) is 1. The van der Waals surface area contributed by atoms with E-state index in [0.717, 1.165) is 36.1 Å². The average Bonchev–Trinajstić information content (AvgIpc) is 3.31. The van der Waals surface area contributed by atoms with Gasteiger partial charge in [-0.2, -0.15) is 0 Å². The van der Waals surface area contributed by atoms with E-state index in [-0.39, 0.29) is 30.0 Å². The van der Waals surface area contributed by atoms with Crippen molar-refractivity contribution in [3.05, 3.63) is 82.0 Å². The maximum atomic E-state index is 13.7. The van der Waals surface area contributed by atoms with Gasteiger partial charge in [-0.1, -0.05) is 49.6 Å². The summed E-state index contributed by atoms with van der Waals surface area (Å²) in [6.07, 6.45) is 5.55. The normalized spacial score (nSPS) is 15.1. The zero-order valence-electron chi connectivity index (χ0n) is 18.9. The van der Waals surface area contributed by atoms with E-state index in [4.69, 9.17) is 0 Å². The Morgan fingerprint density at radius 2 is 1.82 bits per heavy atom. The summed E-state index contributed by atoms with van der Waals surface area (Å²) in [4.78, 5) is 30.0. The van der Waals surface area contributed by atoms with Crippen LogP contribution in [0.15, 0.2) is 66.0 Å². The second-order valence-corrected chi connectivity index (χ2v) is 9.73. The zero-order chi connectivity index (χ0) is 23.2. The minimum Gasteiger partial charge on any atom is -0.508 e. The molecule has 1 atom stereocenters. The van der Waals surface area contributed by atoms with E-state index in [0.29, 0.717) is 11.3 Å². The molecule has 4 rings (SSSR count). The van der Waals surface area contributed by atoms with E-state index in [1.165, 1.54) is 17.8 Å². The largest absolute Gasteiger partial charge is 0.508 e. The van der Waals surface area contributed by atoms with Crippen LogP contribution >= 0.6 is 11.3 Å². The molecule has 0 spiro atoms. The van der Waals surface area contributed by atoms with Crippen LogP contribution in [0.2, 0.25) is 0 Å². The Hall–Kier alpha value is -3.12. The Balaban J connectivity index is 1.74. The molecule has 33 heavy (non-hydrogen) atoms. The fourth-order valence-corrected chi connectivity index (χ4v) is 5.16. The minimum absolute atomic E-state index is 0.122. The quantitative estimate of drug-likeness (QED) is 0.485. The SMILES string of the molecule is Cc1cccc(N(C(=O)Cc2cccs2)[C@H](C(=O)NC2CCCCC2)c2ccc(O)cc2)c1. The molecule has 5 nitrogen and oxygen atoms in total. The molecule has 1 fully saturated rings. The van der Waals surface area contributed by atoms with Crippen molar-refractivity contribution in [3.8, 4) is 5.75 Å². The van der Waals surface area contributed by atoms with Gasteiger partial charge in [0.15, 0.2) is 0 Å². The molecule has 0 saturated heterocycles. The van der Waals surface area contributed by atoms with E-state index in [1.54, 1.807) is 29.2 Å². The van der Waals surface area contributed by atoms with Crippen LogP contribution in [-0.2, 0) is 16.0 Å². The molecule has 0 aliphatic heterocycles. The highest BCUT2D eigenvalue weighted by Gasteiger charge is 2.34. The molecule has 6 heteroatoms. The van der Waals surface area contributed by atoms with Crippen LogP contribution in [-0.4, -0.2) is 23.0 Å². The highest BCUT2D eigenvalue weighted by molar-refractivity contribution is 7.10. The van der Waals surface area contributed by atoms with Gasteiger partial charge in [-0.05, 0) is 66.6 Å². The molecule has 0 bridgehead atoms. The number of amides is 2. The summed E-state index contributed by atoms with van der Waals surface area (Å²) in [5.74, 6) is -0.203. The highest BCUT2D eigenvalue weighted by atomic mass is 32.1. The van der Waals surface area contributed by atoms with Crippen LogP contribution in [0.25, 0.3) is 0 Å². The lowest BCUT2D eigenvalue weighted by Crippen LogP contribution is -2.47. The average molecular weight is 463 g/mol. The van der Waals surface area contributed by atoms with Crippen molar-refractivity contribution < 1.29 is 14.7 Å². The van der Waals surface area contributed by atoms with Crippen LogP contribution in [0.4, 0.5) is 5.69 Å². The first-order chi connectivity index (χ1) is 16.0. The van der Waals surface area contributed by atoms with Crippen molar-refractivity contribution in [2.75, 3.05) is 4.90 Å². The molecule has 3 aromatic rings. The Labute approximate surface area is 199 Å². The summed E-state index contributed by atoms with van der Waals surface area (Å²) in [5, 5.41) is 15.0. The molecule has 0 unspecified atom stereocenters. The number of benzene rings is 2. The van der Waals surface area contributed by atoms with E-state index in [2.05, 4.69) is 5.32 Å². The lowest BCUT2D eigenvalue weighted by atomic mass is 9.94. The molecular weight excluding hydrogens is 432 g/mol. The van der Waals surface area contributed by atoms with Gasteiger partial charge in [-0.3, -0.25) is 14.5 Å². The fourth-order valence-electron chi connectivity index (χ4n) is 4.46. The Morgan fingerprint density at radius 3 is 2.48 bits per heavy atom. The van der Waals surface area contributed by atoms with Crippen LogP contribution < -0.4 is 10.2 Å². The van der Waals surface area contributed by atoms with Gasteiger partial charge in [0.2, 0.25) is 11.8 Å². The molecule has 0 radical (unpaired) electrons. The van der Waals surface area contributed by atoms with Gasteiger partial charge in [0.05, 0.1) is 6.42 Å². The van der Waals surface area contributed by atoms with Gasteiger partial charge in [0.1, 0.15) is 11.8 Å². The first-order valence-corrected chi connectivity index (χ1v) is 12.4. The Bertz CT molecular complexity index is 1070. The predicted molar refractivity (Wildman–Crippen MR) is 133 cm³/mol. The first kappa shape index (κ1) is 23.1. The molecule has 1 aromatic heterocycles. The smallest absolute Gasteiger partial charge is 0.248 e. The number of phenolic OH excluding ortho intramolecular Hbond substituents is 1. The number of hydrogen-bond donors (Lipinski definition) is 2. The summed E-state index contributed by atoms with van der Waals surface area (Å²) >= 11 is 1.53. The molecule has 1 heterocycles. The maximum absolute atomic E-state index is 13.7. The first-order valence-electron chi connectivity index (χ1n) is 11.5. The number of thiophene rings is 1. The van der Waals surface area contributed by atoms with E-state index < -0.39 is 6.04 Å². The van der Waals surface area contributed by atoms with Crippen molar-refractivity contribution in [1.82, 2.24) is 5.32 Å². The summed E-state index contributed by atoms with van der Waals surface area (Å²) in [6, 6.07) is 17.4. The van der Waals surface area contributed by atoms with Gasteiger partial charge in [0.25, 0.3) is 0 Å². The number of carbonyl (C=O) groups is 2. The number of nitrogens with one attached hydrogen (secondary N) is 1. The molecule has 172 valence electrons. The molecule has 1 aliphatic carbocycles. The number of aryl methyl sites for hydroxylation is 1. The number of hydrogen-bond acceptors (Lipinski definition) is 4. The zero-order valence-corrected chi connectivity index (χ0v) is 19.7. The second kappa shape index (κ2) is 10.7. The number of phenols is 1. The minimum atomic E-state index is -0.832. The monoisotopic (exact) mass is 462 g/mol. The van der Waals surface area contributed by atoms with Gasteiger partial charge in [0, 0.05) is 16.6 Å². The Morgan fingerprint density at radius 1 is 1.06 bits per heavy atom.